The van der Waals surface area contributed by atoms with Gasteiger partial charge in [0.15, 0.2) is 0 Å². The molecule has 2 aromatic heterocycles. The van der Waals surface area contributed by atoms with Crippen molar-refractivity contribution in [2.75, 3.05) is 7.05 Å². The number of likely N-dealkylation sites (N-methyl/N-ethyl adjacent to an activating group) is 1. The average Bonchev–Trinajstić information content (AvgIpc) is 3.03. The first-order valence-corrected chi connectivity index (χ1v) is 8.76. The molecule has 0 atom stereocenters. The molecule has 0 bridgehead atoms. The van der Waals surface area contributed by atoms with E-state index in [4.69, 9.17) is 0 Å². The number of fused-ring (bicyclic) bond motifs is 1. The van der Waals surface area contributed by atoms with Gasteiger partial charge in [0.1, 0.15) is 17.2 Å². The van der Waals surface area contributed by atoms with E-state index in [-0.39, 0.29) is 30.4 Å². The molecule has 0 spiro atoms. The highest BCUT2D eigenvalue weighted by Gasteiger charge is 2.15. The lowest BCUT2D eigenvalue weighted by Crippen LogP contribution is -2.33. The maximum Gasteiger partial charge on any atom is 0.262 e. The van der Waals surface area contributed by atoms with Crippen molar-refractivity contribution in [1.29, 1.82) is 0 Å². The summed E-state index contributed by atoms with van der Waals surface area (Å²) in [7, 11) is 1.59. The fourth-order valence-electron chi connectivity index (χ4n) is 2.53. The number of thiophene rings is 1. The second-order valence-corrected chi connectivity index (χ2v) is 6.92. The summed E-state index contributed by atoms with van der Waals surface area (Å²) in [5.41, 5.74) is 0.207. The number of benzene rings is 1. The van der Waals surface area contributed by atoms with Crippen molar-refractivity contribution in [3.8, 4) is 0 Å². The molecule has 3 rings (SSSR count). The Kier molecular flexibility index (Phi) is 4.94. The number of hydrogen-bond donors (Lipinski definition) is 0. The van der Waals surface area contributed by atoms with Crippen LogP contribution >= 0.6 is 11.3 Å². The van der Waals surface area contributed by atoms with E-state index in [0.717, 1.165) is 11.3 Å². The van der Waals surface area contributed by atoms with Crippen LogP contribution in [0.1, 0.15) is 17.4 Å². The Morgan fingerprint density at radius 1 is 1.36 bits per heavy atom. The van der Waals surface area contributed by atoms with Crippen LogP contribution in [-0.4, -0.2) is 27.4 Å². The van der Waals surface area contributed by atoms with Gasteiger partial charge in [-0.15, -0.1) is 11.3 Å². The van der Waals surface area contributed by atoms with Crippen molar-refractivity contribution in [3.05, 3.63) is 63.3 Å². The average molecular weight is 359 g/mol. The van der Waals surface area contributed by atoms with Gasteiger partial charge in [0, 0.05) is 24.0 Å². The fraction of sp³-hybridized carbons (Fsp3) is 0.278. The van der Waals surface area contributed by atoms with Gasteiger partial charge >= 0.3 is 0 Å². The lowest BCUT2D eigenvalue weighted by atomic mass is 10.2. The summed E-state index contributed by atoms with van der Waals surface area (Å²) in [6, 6.07) is 8.15. The Balaban J connectivity index is 1.78. The zero-order chi connectivity index (χ0) is 18.0. The quantitative estimate of drug-likeness (QED) is 0.704. The third-order valence-electron chi connectivity index (χ3n) is 4.01. The lowest BCUT2D eigenvalue weighted by molar-refractivity contribution is -0.131. The van der Waals surface area contributed by atoms with E-state index >= 15 is 0 Å². The number of nitrogens with zero attached hydrogens (tertiary/aromatic N) is 3. The van der Waals surface area contributed by atoms with E-state index in [1.54, 1.807) is 25.2 Å². The van der Waals surface area contributed by atoms with Gasteiger partial charge in [0.05, 0.1) is 11.7 Å². The molecule has 0 fully saturated rings. The summed E-state index contributed by atoms with van der Waals surface area (Å²) in [6.45, 7) is 2.04. The molecule has 0 aliphatic rings. The molecule has 2 heterocycles. The van der Waals surface area contributed by atoms with Gasteiger partial charge in [-0.1, -0.05) is 25.1 Å². The first-order valence-electron chi connectivity index (χ1n) is 7.94. The summed E-state index contributed by atoms with van der Waals surface area (Å²) >= 11 is 1.49. The van der Waals surface area contributed by atoms with Crippen molar-refractivity contribution in [3.63, 3.8) is 0 Å². The van der Waals surface area contributed by atoms with Crippen LogP contribution in [-0.2, 0) is 24.3 Å². The Bertz CT molecular complexity index is 980. The first kappa shape index (κ1) is 17.3. The minimum Gasteiger partial charge on any atom is -0.340 e. The Morgan fingerprint density at radius 2 is 2.12 bits per heavy atom. The minimum absolute atomic E-state index is 0.121. The van der Waals surface area contributed by atoms with Crippen LogP contribution in [0.2, 0.25) is 0 Å². The van der Waals surface area contributed by atoms with Crippen LogP contribution in [0.5, 0.6) is 0 Å². The molecule has 0 aliphatic carbocycles. The van der Waals surface area contributed by atoms with Gasteiger partial charge in [0.2, 0.25) is 5.91 Å². The molecule has 0 aliphatic heterocycles. The monoisotopic (exact) mass is 359 g/mol. The number of aromatic nitrogens is 2. The molecule has 1 amide bonds. The van der Waals surface area contributed by atoms with E-state index in [1.807, 2.05) is 13.0 Å². The molecule has 3 aromatic rings. The number of rotatable bonds is 5. The van der Waals surface area contributed by atoms with Gasteiger partial charge in [-0.3, -0.25) is 14.2 Å². The summed E-state index contributed by atoms with van der Waals surface area (Å²) in [4.78, 5) is 32.4. The van der Waals surface area contributed by atoms with E-state index in [1.165, 1.54) is 33.2 Å². The van der Waals surface area contributed by atoms with E-state index < -0.39 is 0 Å². The van der Waals surface area contributed by atoms with Crippen molar-refractivity contribution < 1.29 is 9.18 Å². The van der Waals surface area contributed by atoms with Crippen molar-refractivity contribution in [2.45, 2.75) is 26.4 Å². The van der Waals surface area contributed by atoms with Gasteiger partial charge in [-0.2, -0.15) is 0 Å². The number of aryl methyl sites for hydroxylation is 1. The SMILES string of the molecule is CCc1cc2c(=O)n(CC(=O)N(C)Cc3ccccc3F)cnc2s1. The highest BCUT2D eigenvalue weighted by Crippen LogP contribution is 2.21. The van der Waals surface area contributed by atoms with Gasteiger partial charge in [-0.05, 0) is 18.6 Å². The Morgan fingerprint density at radius 3 is 2.84 bits per heavy atom. The molecule has 0 saturated heterocycles. The molecule has 1 aromatic carbocycles. The highest BCUT2D eigenvalue weighted by molar-refractivity contribution is 7.18. The predicted molar refractivity (Wildman–Crippen MR) is 96.1 cm³/mol. The molecule has 0 radical (unpaired) electrons. The maximum atomic E-state index is 13.7. The van der Waals surface area contributed by atoms with Gasteiger partial charge < -0.3 is 4.90 Å². The summed E-state index contributed by atoms with van der Waals surface area (Å²) in [5.74, 6) is -0.634. The molecule has 0 N–H and O–H groups in total. The zero-order valence-electron chi connectivity index (χ0n) is 14.0. The van der Waals surface area contributed by atoms with E-state index in [0.29, 0.717) is 15.8 Å². The number of carbonyl (C=O) groups excluding carboxylic acids is 1. The molecule has 130 valence electrons. The summed E-state index contributed by atoms with van der Waals surface area (Å²) in [5, 5.41) is 0.536. The third kappa shape index (κ3) is 3.61. The number of carbonyl (C=O) groups is 1. The summed E-state index contributed by atoms with van der Waals surface area (Å²) < 4.78 is 15.0. The van der Waals surface area contributed by atoms with Crippen LogP contribution in [0.15, 0.2) is 41.5 Å². The zero-order valence-corrected chi connectivity index (χ0v) is 14.8. The summed E-state index contributed by atoms with van der Waals surface area (Å²) in [6.07, 6.45) is 2.24. The van der Waals surface area contributed by atoms with Crippen LogP contribution in [0.25, 0.3) is 10.2 Å². The van der Waals surface area contributed by atoms with Crippen LogP contribution in [0.4, 0.5) is 4.39 Å². The molecular formula is C18H18FN3O2S. The topological polar surface area (TPSA) is 55.2 Å². The molecule has 0 unspecified atom stereocenters. The van der Waals surface area contributed by atoms with Gasteiger partial charge in [0.25, 0.3) is 5.56 Å². The second-order valence-electron chi connectivity index (χ2n) is 5.80. The molecule has 5 nitrogen and oxygen atoms in total. The normalized spacial score (nSPS) is 11.0. The number of amides is 1. The van der Waals surface area contributed by atoms with Crippen molar-refractivity contribution >= 4 is 27.5 Å². The Hall–Kier alpha value is -2.54. The second kappa shape index (κ2) is 7.14. The van der Waals surface area contributed by atoms with Crippen molar-refractivity contribution in [1.82, 2.24) is 14.5 Å². The minimum atomic E-state index is -0.354. The third-order valence-corrected chi connectivity index (χ3v) is 5.20. The molecule has 0 saturated carbocycles. The standard InChI is InChI=1S/C18H18FN3O2S/c1-3-13-8-14-17(25-13)20-11-22(18(14)24)10-16(23)21(2)9-12-6-4-5-7-15(12)19/h4-8,11H,3,9-10H2,1-2H3. The maximum absolute atomic E-state index is 13.7. The van der Waals surface area contributed by atoms with Crippen molar-refractivity contribution in [2.24, 2.45) is 0 Å². The predicted octanol–water partition coefficient (Wildman–Crippen LogP) is 2.82. The fourth-order valence-corrected chi connectivity index (χ4v) is 3.46. The van der Waals surface area contributed by atoms with Crippen LogP contribution in [0, 0.1) is 5.82 Å². The van der Waals surface area contributed by atoms with Gasteiger partial charge in [-0.25, -0.2) is 9.37 Å². The number of hydrogen-bond acceptors (Lipinski definition) is 4. The highest BCUT2D eigenvalue weighted by atomic mass is 32.1. The molecule has 25 heavy (non-hydrogen) atoms. The molecule has 7 heteroatoms. The van der Waals surface area contributed by atoms with E-state index in [9.17, 15) is 14.0 Å². The first-order chi connectivity index (χ1) is 12.0. The van der Waals surface area contributed by atoms with Crippen LogP contribution in [0.3, 0.4) is 0 Å². The van der Waals surface area contributed by atoms with E-state index in [2.05, 4.69) is 4.98 Å². The Labute approximate surface area is 148 Å². The smallest absolute Gasteiger partial charge is 0.262 e. The largest absolute Gasteiger partial charge is 0.340 e. The lowest BCUT2D eigenvalue weighted by Gasteiger charge is -2.18. The van der Waals surface area contributed by atoms with Crippen LogP contribution < -0.4 is 5.56 Å². The number of halogens is 1. The molecular weight excluding hydrogens is 341 g/mol.